The molecule has 0 amide bonds. The second kappa shape index (κ2) is 7.49. The van der Waals surface area contributed by atoms with Gasteiger partial charge in [0, 0.05) is 0 Å². The van der Waals surface area contributed by atoms with Crippen molar-refractivity contribution in [1.29, 1.82) is 0 Å². The SMILES string of the molecule is C=C1C[C@@H](CCCCCC)O[C@@H](c2ccccc2)C1. The van der Waals surface area contributed by atoms with Crippen LogP contribution in [0.5, 0.6) is 0 Å². The summed E-state index contributed by atoms with van der Waals surface area (Å²) in [6, 6.07) is 10.6. The predicted molar refractivity (Wildman–Crippen MR) is 81.2 cm³/mol. The molecule has 0 bridgehead atoms. The maximum absolute atomic E-state index is 6.26. The summed E-state index contributed by atoms with van der Waals surface area (Å²) in [5.41, 5.74) is 2.64. The highest BCUT2D eigenvalue weighted by molar-refractivity contribution is 5.20. The monoisotopic (exact) mass is 258 g/mol. The molecule has 1 aliphatic rings. The molecule has 2 rings (SSSR count). The van der Waals surface area contributed by atoms with Gasteiger partial charge in [-0.1, -0.05) is 75.1 Å². The summed E-state index contributed by atoms with van der Waals surface area (Å²) in [6.07, 6.45) is 9.07. The number of ether oxygens (including phenoxy) is 1. The molecule has 19 heavy (non-hydrogen) atoms. The molecule has 0 radical (unpaired) electrons. The first-order valence-corrected chi connectivity index (χ1v) is 7.66. The molecular weight excluding hydrogens is 232 g/mol. The molecule has 1 heteroatoms. The third kappa shape index (κ3) is 4.50. The summed E-state index contributed by atoms with van der Waals surface area (Å²) in [4.78, 5) is 0. The quantitative estimate of drug-likeness (QED) is 0.488. The van der Waals surface area contributed by atoms with Gasteiger partial charge in [-0.25, -0.2) is 0 Å². The van der Waals surface area contributed by atoms with Crippen molar-refractivity contribution >= 4 is 0 Å². The van der Waals surface area contributed by atoms with Gasteiger partial charge in [-0.3, -0.25) is 0 Å². The van der Waals surface area contributed by atoms with Gasteiger partial charge in [0.15, 0.2) is 0 Å². The molecule has 1 heterocycles. The van der Waals surface area contributed by atoms with Crippen molar-refractivity contribution < 1.29 is 4.74 Å². The normalized spacial score (nSPS) is 23.5. The van der Waals surface area contributed by atoms with Crippen LogP contribution in [0.3, 0.4) is 0 Å². The first kappa shape index (κ1) is 14.3. The molecular formula is C18H26O. The maximum atomic E-state index is 6.26. The third-order valence-electron chi connectivity index (χ3n) is 3.90. The summed E-state index contributed by atoms with van der Waals surface area (Å²) in [5.74, 6) is 0. The minimum absolute atomic E-state index is 0.221. The van der Waals surface area contributed by atoms with E-state index in [-0.39, 0.29) is 6.10 Å². The van der Waals surface area contributed by atoms with E-state index in [9.17, 15) is 0 Å². The number of rotatable bonds is 6. The van der Waals surface area contributed by atoms with Crippen LogP contribution in [-0.2, 0) is 4.74 Å². The van der Waals surface area contributed by atoms with Crippen LogP contribution in [0, 0.1) is 0 Å². The first-order valence-electron chi connectivity index (χ1n) is 7.66. The van der Waals surface area contributed by atoms with Crippen molar-refractivity contribution in [3.63, 3.8) is 0 Å². The predicted octanol–water partition coefficient (Wildman–Crippen LogP) is 5.43. The van der Waals surface area contributed by atoms with E-state index in [1.165, 1.54) is 43.2 Å². The van der Waals surface area contributed by atoms with Gasteiger partial charge in [0.2, 0.25) is 0 Å². The number of unbranched alkanes of at least 4 members (excludes halogenated alkanes) is 3. The van der Waals surface area contributed by atoms with Crippen LogP contribution in [0.25, 0.3) is 0 Å². The zero-order valence-electron chi connectivity index (χ0n) is 12.1. The van der Waals surface area contributed by atoms with Crippen molar-refractivity contribution in [2.24, 2.45) is 0 Å². The molecule has 2 atom stereocenters. The number of hydrogen-bond acceptors (Lipinski definition) is 1. The van der Waals surface area contributed by atoms with E-state index >= 15 is 0 Å². The Labute approximate surface area is 117 Å². The average molecular weight is 258 g/mol. The van der Waals surface area contributed by atoms with Crippen LogP contribution >= 0.6 is 0 Å². The van der Waals surface area contributed by atoms with Crippen LogP contribution in [0.15, 0.2) is 42.5 Å². The summed E-state index contributed by atoms with van der Waals surface area (Å²) in [7, 11) is 0. The fraction of sp³-hybridized carbons (Fsp3) is 0.556. The summed E-state index contributed by atoms with van der Waals surface area (Å²) in [5, 5.41) is 0. The van der Waals surface area contributed by atoms with Crippen molar-refractivity contribution in [2.75, 3.05) is 0 Å². The smallest absolute Gasteiger partial charge is 0.0865 e. The van der Waals surface area contributed by atoms with E-state index < -0.39 is 0 Å². The minimum atomic E-state index is 0.221. The summed E-state index contributed by atoms with van der Waals surface area (Å²) < 4.78 is 6.26. The van der Waals surface area contributed by atoms with Gasteiger partial charge in [-0.05, 0) is 24.8 Å². The fourth-order valence-corrected chi connectivity index (χ4v) is 2.83. The second-order valence-corrected chi connectivity index (χ2v) is 5.67. The molecule has 0 aliphatic carbocycles. The number of benzene rings is 1. The molecule has 1 aromatic rings. The molecule has 1 aliphatic heterocycles. The van der Waals surface area contributed by atoms with E-state index in [1.807, 2.05) is 0 Å². The van der Waals surface area contributed by atoms with Gasteiger partial charge >= 0.3 is 0 Å². The van der Waals surface area contributed by atoms with Gasteiger partial charge in [0.25, 0.3) is 0 Å². The first-order chi connectivity index (χ1) is 9.29. The molecule has 1 fully saturated rings. The highest BCUT2D eigenvalue weighted by Gasteiger charge is 2.25. The van der Waals surface area contributed by atoms with E-state index in [4.69, 9.17) is 4.74 Å². The summed E-state index contributed by atoms with van der Waals surface area (Å²) in [6.45, 7) is 6.46. The summed E-state index contributed by atoms with van der Waals surface area (Å²) >= 11 is 0. The van der Waals surface area contributed by atoms with Crippen molar-refractivity contribution in [3.05, 3.63) is 48.0 Å². The minimum Gasteiger partial charge on any atom is -0.370 e. The van der Waals surface area contributed by atoms with E-state index in [2.05, 4.69) is 43.8 Å². The van der Waals surface area contributed by atoms with Crippen LogP contribution in [0.2, 0.25) is 0 Å². The molecule has 104 valence electrons. The lowest BCUT2D eigenvalue weighted by Gasteiger charge is -2.32. The lowest BCUT2D eigenvalue weighted by Crippen LogP contribution is -2.23. The Morgan fingerprint density at radius 3 is 2.63 bits per heavy atom. The molecule has 0 aromatic heterocycles. The molecule has 0 N–H and O–H groups in total. The topological polar surface area (TPSA) is 9.23 Å². The van der Waals surface area contributed by atoms with Gasteiger partial charge in [0.1, 0.15) is 0 Å². The Bertz CT molecular complexity index is 382. The Morgan fingerprint density at radius 2 is 1.89 bits per heavy atom. The molecule has 1 saturated heterocycles. The number of hydrogen-bond donors (Lipinski definition) is 0. The van der Waals surface area contributed by atoms with Crippen molar-refractivity contribution in [3.8, 4) is 0 Å². The van der Waals surface area contributed by atoms with Gasteiger partial charge in [-0.15, -0.1) is 0 Å². The van der Waals surface area contributed by atoms with Gasteiger partial charge in [0.05, 0.1) is 12.2 Å². The van der Waals surface area contributed by atoms with E-state index in [0.29, 0.717) is 6.10 Å². The zero-order valence-corrected chi connectivity index (χ0v) is 12.1. The Balaban J connectivity index is 1.87. The molecule has 1 aromatic carbocycles. The van der Waals surface area contributed by atoms with Crippen LogP contribution in [0.4, 0.5) is 0 Å². The molecule has 0 spiro atoms. The van der Waals surface area contributed by atoms with E-state index in [0.717, 1.165) is 12.8 Å². The van der Waals surface area contributed by atoms with Gasteiger partial charge in [-0.2, -0.15) is 0 Å². The van der Waals surface area contributed by atoms with Crippen LogP contribution in [-0.4, -0.2) is 6.10 Å². The van der Waals surface area contributed by atoms with Gasteiger partial charge < -0.3 is 4.74 Å². The zero-order chi connectivity index (χ0) is 13.5. The van der Waals surface area contributed by atoms with E-state index in [1.54, 1.807) is 0 Å². The Kier molecular flexibility index (Phi) is 5.65. The highest BCUT2D eigenvalue weighted by Crippen LogP contribution is 2.35. The average Bonchev–Trinajstić information content (AvgIpc) is 2.44. The fourth-order valence-electron chi connectivity index (χ4n) is 2.83. The molecule has 1 nitrogen and oxygen atoms in total. The third-order valence-corrected chi connectivity index (χ3v) is 3.90. The Hall–Kier alpha value is -1.08. The highest BCUT2D eigenvalue weighted by atomic mass is 16.5. The Morgan fingerprint density at radius 1 is 1.11 bits per heavy atom. The molecule has 0 saturated carbocycles. The maximum Gasteiger partial charge on any atom is 0.0865 e. The van der Waals surface area contributed by atoms with Crippen LogP contribution in [0.1, 0.15) is 63.5 Å². The molecule has 0 unspecified atom stereocenters. The lowest BCUT2D eigenvalue weighted by atomic mass is 9.92. The standard InChI is InChI=1S/C18H26O/c1-3-4-5-9-12-17-13-15(2)14-18(19-17)16-10-7-6-8-11-16/h6-8,10-11,17-18H,2-5,9,12-14H2,1H3/t17-,18-/m1/s1. The van der Waals surface area contributed by atoms with Crippen molar-refractivity contribution in [2.45, 2.75) is 64.1 Å². The largest absolute Gasteiger partial charge is 0.370 e. The second-order valence-electron chi connectivity index (χ2n) is 5.67. The lowest BCUT2D eigenvalue weighted by molar-refractivity contribution is -0.0374. The van der Waals surface area contributed by atoms with Crippen molar-refractivity contribution in [1.82, 2.24) is 0 Å². The van der Waals surface area contributed by atoms with Crippen LogP contribution < -0.4 is 0 Å².